The summed E-state index contributed by atoms with van der Waals surface area (Å²) >= 11 is 5.90. The van der Waals surface area contributed by atoms with Gasteiger partial charge in [0.15, 0.2) is 0 Å². The van der Waals surface area contributed by atoms with Crippen LogP contribution in [0, 0.1) is 5.92 Å². The summed E-state index contributed by atoms with van der Waals surface area (Å²) in [7, 11) is 0. The third-order valence-corrected chi connectivity index (χ3v) is 3.53. The van der Waals surface area contributed by atoms with Crippen molar-refractivity contribution in [1.29, 1.82) is 0 Å². The molecule has 19 heavy (non-hydrogen) atoms. The number of halogens is 1. The fourth-order valence-electron chi connectivity index (χ4n) is 2.17. The average molecular weight is 283 g/mol. The zero-order chi connectivity index (χ0) is 13.7. The quantitative estimate of drug-likeness (QED) is 0.844. The number of pyridine rings is 1. The first kappa shape index (κ1) is 14.3. The van der Waals surface area contributed by atoms with Crippen LogP contribution in [0.25, 0.3) is 0 Å². The van der Waals surface area contributed by atoms with E-state index >= 15 is 0 Å². The summed E-state index contributed by atoms with van der Waals surface area (Å²) in [6.07, 6.45) is 2.82. The molecule has 1 amide bonds. The van der Waals surface area contributed by atoms with Gasteiger partial charge < -0.3 is 10.1 Å². The van der Waals surface area contributed by atoms with E-state index in [1.54, 1.807) is 12.1 Å². The summed E-state index contributed by atoms with van der Waals surface area (Å²) in [6.45, 7) is 4.32. The number of carbonyl (C=O) groups excluding carboxylic acids is 1. The van der Waals surface area contributed by atoms with Gasteiger partial charge in [-0.2, -0.15) is 0 Å². The van der Waals surface area contributed by atoms with Crippen LogP contribution in [-0.4, -0.2) is 30.6 Å². The van der Waals surface area contributed by atoms with E-state index in [0.29, 0.717) is 23.2 Å². The first-order valence-corrected chi connectivity index (χ1v) is 7.09. The predicted octanol–water partition coefficient (Wildman–Crippen LogP) is 2.45. The Balaban J connectivity index is 1.86. The summed E-state index contributed by atoms with van der Waals surface area (Å²) in [5.41, 5.74) is 1.42. The lowest BCUT2D eigenvalue weighted by Gasteiger charge is -2.09. The lowest BCUT2D eigenvalue weighted by atomic mass is 10.1. The lowest BCUT2D eigenvalue weighted by molar-refractivity contribution is 0.0950. The molecule has 4 nitrogen and oxygen atoms in total. The molecule has 1 aliphatic rings. The van der Waals surface area contributed by atoms with Crippen molar-refractivity contribution in [2.75, 3.05) is 19.8 Å². The third-order valence-electron chi connectivity index (χ3n) is 3.33. The smallest absolute Gasteiger partial charge is 0.251 e. The molecule has 0 spiro atoms. The SMILES string of the molecule is CCc1cc(C(=O)NCCC2CCOC2)cc(Cl)n1. The van der Waals surface area contributed by atoms with Crippen molar-refractivity contribution in [2.24, 2.45) is 5.92 Å². The normalized spacial score (nSPS) is 18.5. The molecule has 1 N–H and O–H groups in total. The van der Waals surface area contributed by atoms with E-state index in [0.717, 1.165) is 38.2 Å². The second-order valence-corrected chi connectivity index (χ2v) is 5.18. The number of carbonyl (C=O) groups is 1. The Morgan fingerprint density at radius 1 is 1.58 bits per heavy atom. The minimum Gasteiger partial charge on any atom is -0.381 e. The van der Waals surface area contributed by atoms with Crippen molar-refractivity contribution in [3.8, 4) is 0 Å². The van der Waals surface area contributed by atoms with Crippen LogP contribution >= 0.6 is 11.6 Å². The molecule has 1 aromatic heterocycles. The molecule has 0 radical (unpaired) electrons. The van der Waals surface area contributed by atoms with Gasteiger partial charge in [-0.1, -0.05) is 18.5 Å². The molecule has 1 atom stereocenters. The average Bonchev–Trinajstić information content (AvgIpc) is 2.91. The fraction of sp³-hybridized carbons (Fsp3) is 0.571. The molecule has 104 valence electrons. The van der Waals surface area contributed by atoms with E-state index in [1.165, 1.54) is 0 Å². The lowest BCUT2D eigenvalue weighted by Crippen LogP contribution is -2.26. The van der Waals surface area contributed by atoms with E-state index in [9.17, 15) is 4.79 Å². The number of rotatable bonds is 5. The molecule has 0 aromatic carbocycles. The zero-order valence-electron chi connectivity index (χ0n) is 11.1. The van der Waals surface area contributed by atoms with E-state index < -0.39 is 0 Å². The van der Waals surface area contributed by atoms with Crippen molar-refractivity contribution in [3.63, 3.8) is 0 Å². The molecule has 2 rings (SSSR count). The number of hydrogen-bond donors (Lipinski definition) is 1. The van der Waals surface area contributed by atoms with Gasteiger partial charge in [0, 0.05) is 31.0 Å². The van der Waals surface area contributed by atoms with Crippen molar-refractivity contribution < 1.29 is 9.53 Å². The molecule has 0 aliphatic carbocycles. The monoisotopic (exact) mass is 282 g/mol. The van der Waals surface area contributed by atoms with Crippen molar-refractivity contribution in [3.05, 3.63) is 28.5 Å². The topological polar surface area (TPSA) is 51.2 Å². The number of nitrogens with zero attached hydrogens (tertiary/aromatic N) is 1. The Labute approximate surface area is 118 Å². The van der Waals surface area contributed by atoms with Gasteiger partial charge in [-0.25, -0.2) is 4.98 Å². The second-order valence-electron chi connectivity index (χ2n) is 4.80. The molecule has 1 unspecified atom stereocenters. The summed E-state index contributed by atoms with van der Waals surface area (Å²) in [4.78, 5) is 16.2. The maximum absolute atomic E-state index is 12.0. The number of nitrogens with one attached hydrogen (secondary N) is 1. The van der Waals surface area contributed by atoms with Crippen molar-refractivity contribution in [2.45, 2.75) is 26.2 Å². The van der Waals surface area contributed by atoms with Gasteiger partial charge in [0.05, 0.1) is 0 Å². The molecule has 1 aliphatic heterocycles. The molecule has 1 aromatic rings. The number of aryl methyl sites for hydroxylation is 1. The van der Waals surface area contributed by atoms with Gasteiger partial charge in [-0.15, -0.1) is 0 Å². The Morgan fingerprint density at radius 2 is 2.42 bits per heavy atom. The van der Waals surface area contributed by atoms with Gasteiger partial charge in [0.25, 0.3) is 5.91 Å². The molecule has 2 heterocycles. The summed E-state index contributed by atoms with van der Waals surface area (Å²) in [6, 6.07) is 3.40. The first-order valence-electron chi connectivity index (χ1n) is 6.71. The van der Waals surface area contributed by atoms with Crippen LogP contribution in [0.4, 0.5) is 0 Å². The van der Waals surface area contributed by atoms with Crippen LogP contribution in [0.1, 0.15) is 35.8 Å². The van der Waals surface area contributed by atoms with E-state index in [-0.39, 0.29) is 5.91 Å². The Morgan fingerprint density at radius 3 is 3.11 bits per heavy atom. The second kappa shape index (κ2) is 6.87. The highest BCUT2D eigenvalue weighted by molar-refractivity contribution is 6.29. The molecule has 0 bridgehead atoms. The van der Waals surface area contributed by atoms with Crippen molar-refractivity contribution >= 4 is 17.5 Å². The maximum atomic E-state index is 12.0. The van der Waals surface area contributed by atoms with Gasteiger partial charge >= 0.3 is 0 Å². The van der Waals surface area contributed by atoms with Crippen LogP contribution in [0.5, 0.6) is 0 Å². The minimum atomic E-state index is -0.0853. The minimum absolute atomic E-state index is 0.0853. The van der Waals surface area contributed by atoms with Gasteiger partial charge in [0.1, 0.15) is 5.15 Å². The Bertz CT molecular complexity index is 445. The molecule has 1 fully saturated rings. The van der Waals surface area contributed by atoms with Crippen LogP contribution < -0.4 is 5.32 Å². The Hall–Kier alpha value is -1.13. The molecule has 5 heteroatoms. The standard InChI is InChI=1S/C14H19ClN2O2/c1-2-12-7-11(8-13(15)17-12)14(18)16-5-3-10-4-6-19-9-10/h7-8,10H,2-6,9H2,1H3,(H,16,18). The highest BCUT2D eigenvalue weighted by Gasteiger charge is 2.15. The molecule has 0 saturated carbocycles. The summed E-state index contributed by atoms with van der Waals surface area (Å²) in [5.74, 6) is 0.491. The largest absolute Gasteiger partial charge is 0.381 e. The molecular formula is C14H19ClN2O2. The summed E-state index contributed by atoms with van der Waals surface area (Å²) < 4.78 is 5.31. The first-order chi connectivity index (χ1) is 9.19. The number of aromatic nitrogens is 1. The van der Waals surface area contributed by atoms with Crippen LogP contribution in [0.3, 0.4) is 0 Å². The number of ether oxygens (including phenoxy) is 1. The van der Waals surface area contributed by atoms with E-state index in [4.69, 9.17) is 16.3 Å². The van der Waals surface area contributed by atoms with Crippen LogP contribution in [0.15, 0.2) is 12.1 Å². The third kappa shape index (κ3) is 4.18. The van der Waals surface area contributed by atoms with E-state index in [2.05, 4.69) is 10.3 Å². The van der Waals surface area contributed by atoms with Crippen LogP contribution in [-0.2, 0) is 11.2 Å². The van der Waals surface area contributed by atoms with Crippen LogP contribution in [0.2, 0.25) is 5.15 Å². The van der Waals surface area contributed by atoms with E-state index in [1.807, 2.05) is 6.92 Å². The zero-order valence-corrected chi connectivity index (χ0v) is 11.9. The summed E-state index contributed by atoms with van der Waals surface area (Å²) in [5, 5.41) is 3.29. The maximum Gasteiger partial charge on any atom is 0.251 e. The predicted molar refractivity (Wildman–Crippen MR) is 74.5 cm³/mol. The Kier molecular flexibility index (Phi) is 5.16. The fourth-order valence-corrected chi connectivity index (χ4v) is 2.39. The van der Waals surface area contributed by atoms with Gasteiger partial charge in [-0.05, 0) is 37.3 Å². The highest BCUT2D eigenvalue weighted by Crippen LogP contribution is 2.15. The highest BCUT2D eigenvalue weighted by atomic mass is 35.5. The van der Waals surface area contributed by atoms with Crippen molar-refractivity contribution in [1.82, 2.24) is 10.3 Å². The number of amides is 1. The van der Waals surface area contributed by atoms with Gasteiger partial charge in [-0.3, -0.25) is 4.79 Å². The van der Waals surface area contributed by atoms with Gasteiger partial charge in [0.2, 0.25) is 0 Å². The molecule has 1 saturated heterocycles. The number of hydrogen-bond acceptors (Lipinski definition) is 3. The molecular weight excluding hydrogens is 264 g/mol.